The topological polar surface area (TPSA) is 71.5 Å². The van der Waals surface area contributed by atoms with E-state index >= 15 is 0 Å². The number of hydrogen-bond acceptors (Lipinski definition) is 5. The Kier molecular flexibility index (Phi) is 7.34. The highest BCUT2D eigenvalue weighted by atomic mass is 32.2. The summed E-state index contributed by atoms with van der Waals surface area (Å²) >= 11 is 0. The number of aromatic nitrogens is 1. The number of benzene rings is 2. The van der Waals surface area contributed by atoms with Gasteiger partial charge in [-0.25, -0.2) is 17.5 Å². The standard InChI is InChI=1S/C24H28FN3O3S/c25-21-4-6-22(7-5-21)31-17-16-28-14-10-19(11-15-28)8-13-27-32(29,30)24-3-1-2-20-18-26-12-9-23(20)24/h1-7,9,12,18-19,27H,8,10-11,13-17H2. The highest BCUT2D eigenvalue weighted by Crippen LogP contribution is 2.23. The molecule has 1 aromatic heterocycles. The van der Waals surface area contributed by atoms with Crippen molar-refractivity contribution in [2.45, 2.75) is 24.2 Å². The number of nitrogens with zero attached hydrogens (tertiary/aromatic N) is 2. The van der Waals surface area contributed by atoms with Crippen molar-refractivity contribution in [3.63, 3.8) is 0 Å². The molecule has 0 spiro atoms. The van der Waals surface area contributed by atoms with Crippen LogP contribution in [0.15, 0.2) is 65.8 Å². The third-order valence-corrected chi connectivity index (χ3v) is 7.49. The summed E-state index contributed by atoms with van der Waals surface area (Å²) in [6, 6.07) is 13.0. The first-order valence-electron chi connectivity index (χ1n) is 10.9. The molecule has 8 heteroatoms. The van der Waals surface area contributed by atoms with Gasteiger partial charge in [-0.15, -0.1) is 0 Å². The van der Waals surface area contributed by atoms with Crippen LogP contribution >= 0.6 is 0 Å². The van der Waals surface area contributed by atoms with Gasteiger partial charge in [-0.3, -0.25) is 9.88 Å². The van der Waals surface area contributed by atoms with Crippen molar-refractivity contribution < 1.29 is 17.5 Å². The number of likely N-dealkylation sites (tertiary alicyclic amines) is 1. The lowest BCUT2D eigenvalue weighted by molar-refractivity contribution is 0.152. The van der Waals surface area contributed by atoms with Gasteiger partial charge in [-0.05, 0) is 74.7 Å². The van der Waals surface area contributed by atoms with Crippen LogP contribution in [-0.4, -0.2) is 51.1 Å². The number of fused-ring (bicyclic) bond motifs is 1. The van der Waals surface area contributed by atoms with E-state index < -0.39 is 10.0 Å². The Morgan fingerprint density at radius 3 is 2.66 bits per heavy atom. The molecule has 2 aromatic carbocycles. The first-order chi connectivity index (χ1) is 15.5. The largest absolute Gasteiger partial charge is 0.492 e. The van der Waals surface area contributed by atoms with Gasteiger partial charge in [0.05, 0.1) is 4.90 Å². The third-order valence-electron chi connectivity index (χ3n) is 5.97. The molecule has 0 aliphatic carbocycles. The zero-order valence-electron chi connectivity index (χ0n) is 17.9. The predicted octanol–water partition coefficient (Wildman–Crippen LogP) is 3.83. The molecule has 32 heavy (non-hydrogen) atoms. The van der Waals surface area contributed by atoms with Crippen molar-refractivity contribution in [3.05, 3.63) is 66.7 Å². The van der Waals surface area contributed by atoms with E-state index in [0.717, 1.165) is 44.3 Å². The summed E-state index contributed by atoms with van der Waals surface area (Å²) in [4.78, 5) is 6.72. The molecule has 0 radical (unpaired) electrons. The maximum absolute atomic E-state index is 12.9. The van der Waals surface area contributed by atoms with Gasteiger partial charge in [0.2, 0.25) is 10.0 Å². The molecule has 3 aromatic rings. The number of hydrogen-bond donors (Lipinski definition) is 1. The van der Waals surface area contributed by atoms with Gasteiger partial charge in [0, 0.05) is 36.3 Å². The van der Waals surface area contributed by atoms with E-state index in [-0.39, 0.29) is 5.82 Å². The normalized spacial score (nSPS) is 15.8. The monoisotopic (exact) mass is 457 g/mol. The Hall–Kier alpha value is -2.55. The Bertz CT molecular complexity index is 1130. The number of nitrogens with one attached hydrogen (secondary N) is 1. The number of halogens is 1. The maximum atomic E-state index is 12.9. The SMILES string of the molecule is O=S(=O)(NCCC1CCN(CCOc2ccc(F)cc2)CC1)c1cccc2cnccc12. The summed E-state index contributed by atoms with van der Waals surface area (Å²) in [5.41, 5.74) is 0. The van der Waals surface area contributed by atoms with E-state index in [4.69, 9.17) is 4.74 Å². The molecule has 1 saturated heterocycles. The van der Waals surface area contributed by atoms with Crippen molar-refractivity contribution in [1.29, 1.82) is 0 Å². The van der Waals surface area contributed by atoms with E-state index in [0.29, 0.717) is 35.1 Å². The fraction of sp³-hybridized carbons (Fsp3) is 0.375. The lowest BCUT2D eigenvalue weighted by atomic mass is 9.94. The number of ether oxygens (including phenoxy) is 1. The van der Waals surface area contributed by atoms with Gasteiger partial charge in [-0.1, -0.05) is 12.1 Å². The smallest absolute Gasteiger partial charge is 0.241 e. The van der Waals surface area contributed by atoms with Crippen molar-refractivity contribution >= 4 is 20.8 Å². The molecule has 0 bridgehead atoms. The van der Waals surface area contributed by atoms with E-state index in [1.165, 1.54) is 12.1 Å². The molecule has 1 fully saturated rings. The van der Waals surface area contributed by atoms with Gasteiger partial charge in [-0.2, -0.15) is 0 Å². The van der Waals surface area contributed by atoms with Gasteiger partial charge < -0.3 is 4.74 Å². The second-order valence-corrected chi connectivity index (χ2v) is 9.86. The van der Waals surface area contributed by atoms with Crippen LogP contribution in [0, 0.1) is 11.7 Å². The summed E-state index contributed by atoms with van der Waals surface area (Å²) in [6.07, 6.45) is 6.19. The summed E-state index contributed by atoms with van der Waals surface area (Å²) in [6.45, 7) is 3.77. The van der Waals surface area contributed by atoms with Gasteiger partial charge >= 0.3 is 0 Å². The second kappa shape index (κ2) is 10.4. The molecule has 6 nitrogen and oxygen atoms in total. The van der Waals surface area contributed by atoms with Crippen LogP contribution < -0.4 is 9.46 Å². The van der Waals surface area contributed by atoms with E-state index in [1.807, 2.05) is 6.07 Å². The summed E-state index contributed by atoms with van der Waals surface area (Å²) < 4.78 is 47.0. The minimum atomic E-state index is -3.57. The summed E-state index contributed by atoms with van der Waals surface area (Å²) in [5, 5.41) is 1.50. The highest BCUT2D eigenvalue weighted by Gasteiger charge is 2.21. The Morgan fingerprint density at radius 1 is 1.09 bits per heavy atom. The molecule has 1 N–H and O–H groups in total. The van der Waals surface area contributed by atoms with Crippen molar-refractivity contribution in [2.75, 3.05) is 32.8 Å². The minimum Gasteiger partial charge on any atom is -0.492 e. The Morgan fingerprint density at radius 2 is 1.88 bits per heavy atom. The zero-order valence-corrected chi connectivity index (χ0v) is 18.7. The first-order valence-corrected chi connectivity index (χ1v) is 12.4. The van der Waals surface area contributed by atoms with Crippen LogP contribution in [-0.2, 0) is 10.0 Å². The molecule has 4 rings (SSSR count). The predicted molar refractivity (Wildman–Crippen MR) is 123 cm³/mol. The molecule has 0 atom stereocenters. The molecule has 0 saturated carbocycles. The molecule has 2 heterocycles. The molecule has 0 amide bonds. The van der Waals surface area contributed by atoms with Crippen LogP contribution in [0.25, 0.3) is 10.8 Å². The van der Waals surface area contributed by atoms with Gasteiger partial charge in [0.1, 0.15) is 18.2 Å². The average Bonchev–Trinajstić information content (AvgIpc) is 2.81. The van der Waals surface area contributed by atoms with Gasteiger partial charge in [0.15, 0.2) is 0 Å². The van der Waals surface area contributed by atoms with Crippen LogP contribution in [0.2, 0.25) is 0 Å². The first kappa shape index (κ1) is 22.6. The van der Waals surface area contributed by atoms with Crippen LogP contribution in [0.5, 0.6) is 5.75 Å². The Balaban J connectivity index is 1.19. The molecular weight excluding hydrogens is 429 g/mol. The van der Waals surface area contributed by atoms with Crippen LogP contribution in [0.1, 0.15) is 19.3 Å². The second-order valence-electron chi connectivity index (χ2n) is 8.13. The van der Waals surface area contributed by atoms with Crippen molar-refractivity contribution in [1.82, 2.24) is 14.6 Å². The summed E-state index contributed by atoms with van der Waals surface area (Å²) in [7, 11) is -3.57. The maximum Gasteiger partial charge on any atom is 0.241 e. The fourth-order valence-corrected chi connectivity index (χ4v) is 5.40. The Labute approximate surface area is 188 Å². The van der Waals surface area contributed by atoms with Crippen molar-refractivity contribution in [2.24, 2.45) is 5.92 Å². The minimum absolute atomic E-state index is 0.267. The number of rotatable bonds is 9. The number of pyridine rings is 1. The molecular formula is C24H28FN3O3S. The van der Waals surface area contributed by atoms with Crippen molar-refractivity contribution in [3.8, 4) is 5.75 Å². The number of sulfonamides is 1. The van der Waals surface area contributed by atoms with E-state index in [2.05, 4.69) is 14.6 Å². The van der Waals surface area contributed by atoms with Gasteiger partial charge in [0.25, 0.3) is 0 Å². The lowest BCUT2D eigenvalue weighted by Gasteiger charge is -2.31. The van der Waals surface area contributed by atoms with Crippen LogP contribution in [0.3, 0.4) is 0 Å². The fourth-order valence-electron chi connectivity index (χ4n) is 4.12. The summed E-state index contributed by atoms with van der Waals surface area (Å²) in [5.74, 6) is 0.913. The third kappa shape index (κ3) is 5.82. The average molecular weight is 458 g/mol. The van der Waals surface area contributed by atoms with Crippen LogP contribution in [0.4, 0.5) is 4.39 Å². The highest BCUT2D eigenvalue weighted by molar-refractivity contribution is 7.89. The quantitative estimate of drug-likeness (QED) is 0.529. The van der Waals surface area contributed by atoms with E-state index in [1.54, 1.807) is 42.7 Å². The molecule has 1 aliphatic heterocycles. The zero-order chi connectivity index (χ0) is 22.4. The molecule has 170 valence electrons. The molecule has 0 unspecified atom stereocenters. The molecule has 1 aliphatic rings. The number of piperidine rings is 1. The lowest BCUT2D eigenvalue weighted by Crippen LogP contribution is -2.37. The van der Waals surface area contributed by atoms with E-state index in [9.17, 15) is 12.8 Å².